The van der Waals surface area contributed by atoms with Gasteiger partial charge in [0.15, 0.2) is 11.6 Å². The lowest BCUT2D eigenvalue weighted by Crippen LogP contribution is -2.12. The van der Waals surface area contributed by atoms with E-state index >= 15 is 0 Å². The van der Waals surface area contributed by atoms with Crippen LogP contribution in [0, 0.1) is 11.6 Å². The van der Waals surface area contributed by atoms with Crippen LogP contribution in [0.1, 0.15) is 5.56 Å². The molecule has 2 N–H and O–H groups in total. The molecule has 0 bridgehead atoms. The number of hydrogen-bond acceptors (Lipinski definition) is 3. The minimum Gasteiger partial charge on any atom is -0.505 e. The van der Waals surface area contributed by atoms with Gasteiger partial charge in [0, 0.05) is 5.56 Å². The van der Waals surface area contributed by atoms with E-state index in [2.05, 4.69) is 10.3 Å². The van der Waals surface area contributed by atoms with E-state index in [-0.39, 0.29) is 12.1 Å². The molecule has 0 aliphatic carbocycles. The normalized spacial score (nSPS) is 10.4. The molecule has 3 nitrogen and oxygen atoms in total. The van der Waals surface area contributed by atoms with Crippen molar-refractivity contribution in [1.82, 2.24) is 5.48 Å². The maximum absolute atomic E-state index is 12.9. The first kappa shape index (κ1) is 9.88. The van der Waals surface area contributed by atoms with Crippen LogP contribution < -0.4 is 5.48 Å². The van der Waals surface area contributed by atoms with Gasteiger partial charge in [0.25, 0.3) is 0 Å². The van der Waals surface area contributed by atoms with Crippen molar-refractivity contribution >= 4 is 0 Å². The molecule has 0 aliphatic rings. The SMILES string of the molecule is CONCc1c(F)ccc(F)c1O. The summed E-state index contributed by atoms with van der Waals surface area (Å²) in [6.45, 7) is -0.0913. The van der Waals surface area contributed by atoms with Crippen molar-refractivity contribution in [3.8, 4) is 5.75 Å². The number of aromatic hydroxyl groups is 1. The van der Waals surface area contributed by atoms with Crippen LogP contribution >= 0.6 is 0 Å². The van der Waals surface area contributed by atoms with Gasteiger partial charge in [-0.2, -0.15) is 5.48 Å². The van der Waals surface area contributed by atoms with E-state index in [1.54, 1.807) is 0 Å². The van der Waals surface area contributed by atoms with Crippen LogP contribution in [-0.2, 0) is 11.4 Å². The molecular formula is C8H9F2NO2. The molecule has 0 amide bonds. The van der Waals surface area contributed by atoms with Gasteiger partial charge in [0.05, 0.1) is 13.7 Å². The van der Waals surface area contributed by atoms with Crippen molar-refractivity contribution < 1.29 is 18.7 Å². The summed E-state index contributed by atoms with van der Waals surface area (Å²) in [5.41, 5.74) is 2.16. The van der Waals surface area contributed by atoms with Crippen LogP contribution in [0.4, 0.5) is 8.78 Å². The quantitative estimate of drug-likeness (QED) is 0.704. The summed E-state index contributed by atoms with van der Waals surface area (Å²) in [5, 5.41) is 9.09. The number of hydroxylamine groups is 1. The number of hydrogen-bond donors (Lipinski definition) is 2. The van der Waals surface area contributed by atoms with Crippen molar-refractivity contribution in [3.05, 3.63) is 29.3 Å². The molecule has 0 atom stereocenters. The van der Waals surface area contributed by atoms with Gasteiger partial charge in [-0.05, 0) is 12.1 Å². The average Bonchev–Trinajstić information content (AvgIpc) is 2.12. The van der Waals surface area contributed by atoms with E-state index < -0.39 is 17.4 Å². The highest BCUT2D eigenvalue weighted by Gasteiger charge is 2.11. The first-order valence-corrected chi connectivity index (χ1v) is 3.58. The van der Waals surface area contributed by atoms with E-state index in [4.69, 9.17) is 5.11 Å². The van der Waals surface area contributed by atoms with Crippen molar-refractivity contribution in [2.45, 2.75) is 6.54 Å². The van der Waals surface area contributed by atoms with Gasteiger partial charge in [-0.3, -0.25) is 0 Å². The molecule has 0 aliphatic heterocycles. The zero-order valence-electron chi connectivity index (χ0n) is 6.97. The maximum Gasteiger partial charge on any atom is 0.165 e. The molecule has 1 aromatic rings. The van der Waals surface area contributed by atoms with Crippen LogP contribution in [0.3, 0.4) is 0 Å². The van der Waals surface area contributed by atoms with Crippen LogP contribution in [0.2, 0.25) is 0 Å². The van der Waals surface area contributed by atoms with E-state index in [0.29, 0.717) is 0 Å². The van der Waals surface area contributed by atoms with Gasteiger partial charge < -0.3 is 9.94 Å². The van der Waals surface area contributed by atoms with Gasteiger partial charge in [-0.1, -0.05) is 0 Å². The number of rotatable bonds is 3. The second kappa shape index (κ2) is 4.15. The Morgan fingerprint density at radius 1 is 1.38 bits per heavy atom. The Hall–Kier alpha value is -1.20. The standard InChI is InChI=1S/C8H9F2NO2/c1-13-11-4-5-6(9)2-3-7(10)8(5)12/h2-3,11-12H,4H2,1H3. The molecule has 0 saturated heterocycles. The predicted octanol–water partition coefficient (Wildman–Crippen LogP) is 1.32. The zero-order chi connectivity index (χ0) is 9.84. The molecule has 1 aromatic carbocycles. The Bertz CT molecular complexity index is 304. The first-order valence-electron chi connectivity index (χ1n) is 3.58. The van der Waals surface area contributed by atoms with Crippen molar-refractivity contribution in [1.29, 1.82) is 0 Å². The van der Waals surface area contributed by atoms with Crippen LogP contribution in [0.15, 0.2) is 12.1 Å². The highest BCUT2D eigenvalue weighted by molar-refractivity contribution is 5.34. The summed E-state index contributed by atoms with van der Waals surface area (Å²) in [6, 6.07) is 1.81. The molecule has 0 fully saturated rings. The fourth-order valence-corrected chi connectivity index (χ4v) is 0.896. The molecule has 0 heterocycles. The van der Waals surface area contributed by atoms with Crippen LogP contribution in [-0.4, -0.2) is 12.2 Å². The van der Waals surface area contributed by atoms with E-state index in [0.717, 1.165) is 12.1 Å². The van der Waals surface area contributed by atoms with Crippen molar-refractivity contribution in [3.63, 3.8) is 0 Å². The van der Waals surface area contributed by atoms with E-state index in [1.165, 1.54) is 7.11 Å². The zero-order valence-corrected chi connectivity index (χ0v) is 6.97. The molecular weight excluding hydrogens is 180 g/mol. The Balaban J connectivity index is 2.96. The summed E-state index contributed by atoms with van der Waals surface area (Å²) >= 11 is 0. The van der Waals surface area contributed by atoms with Gasteiger partial charge >= 0.3 is 0 Å². The number of phenolic OH excluding ortho intramolecular Hbond substituents is 1. The van der Waals surface area contributed by atoms with Crippen LogP contribution in [0.25, 0.3) is 0 Å². The fraction of sp³-hybridized carbons (Fsp3) is 0.250. The summed E-state index contributed by atoms with van der Waals surface area (Å²) in [7, 11) is 1.34. The molecule has 72 valence electrons. The Morgan fingerprint density at radius 2 is 2.00 bits per heavy atom. The Kier molecular flexibility index (Phi) is 3.16. The molecule has 0 spiro atoms. The maximum atomic E-state index is 12.9. The summed E-state index contributed by atoms with van der Waals surface area (Å²) in [5.74, 6) is -2.22. The van der Waals surface area contributed by atoms with Crippen LogP contribution in [0.5, 0.6) is 5.75 Å². The molecule has 0 unspecified atom stereocenters. The fourth-order valence-electron chi connectivity index (χ4n) is 0.896. The predicted molar refractivity (Wildman–Crippen MR) is 41.9 cm³/mol. The van der Waals surface area contributed by atoms with Crippen molar-refractivity contribution in [2.24, 2.45) is 0 Å². The molecule has 5 heteroatoms. The third kappa shape index (κ3) is 2.13. The van der Waals surface area contributed by atoms with Gasteiger partial charge in [0.1, 0.15) is 5.82 Å². The second-order valence-electron chi connectivity index (χ2n) is 2.38. The highest BCUT2D eigenvalue weighted by Crippen LogP contribution is 2.23. The van der Waals surface area contributed by atoms with Crippen molar-refractivity contribution in [2.75, 3.05) is 7.11 Å². The second-order valence-corrected chi connectivity index (χ2v) is 2.38. The van der Waals surface area contributed by atoms with Gasteiger partial charge in [-0.15, -0.1) is 0 Å². The number of phenols is 1. The monoisotopic (exact) mass is 189 g/mol. The largest absolute Gasteiger partial charge is 0.505 e. The summed E-state index contributed by atoms with van der Waals surface area (Å²) < 4.78 is 25.6. The van der Waals surface area contributed by atoms with E-state index in [9.17, 15) is 8.78 Å². The average molecular weight is 189 g/mol. The minimum absolute atomic E-state index is 0.0913. The topological polar surface area (TPSA) is 41.5 Å². The first-order chi connectivity index (χ1) is 6.16. The Morgan fingerprint density at radius 3 is 2.62 bits per heavy atom. The lowest BCUT2D eigenvalue weighted by atomic mass is 10.2. The molecule has 1 rings (SSSR count). The molecule has 13 heavy (non-hydrogen) atoms. The molecule has 0 aromatic heterocycles. The molecule has 0 saturated carbocycles. The lowest BCUT2D eigenvalue weighted by Gasteiger charge is -2.06. The lowest BCUT2D eigenvalue weighted by molar-refractivity contribution is 0.0851. The van der Waals surface area contributed by atoms with Gasteiger partial charge in [0.2, 0.25) is 0 Å². The van der Waals surface area contributed by atoms with E-state index in [1.807, 2.05) is 0 Å². The Labute approximate surface area is 73.9 Å². The van der Waals surface area contributed by atoms with Gasteiger partial charge in [-0.25, -0.2) is 8.78 Å². The highest BCUT2D eigenvalue weighted by atomic mass is 19.1. The number of nitrogens with one attached hydrogen (secondary N) is 1. The third-order valence-electron chi connectivity index (χ3n) is 1.57. The minimum atomic E-state index is -0.852. The summed E-state index contributed by atoms with van der Waals surface area (Å²) in [4.78, 5) is 4.45. The molecule has 0 radical (unpaired) electrons. The summed E-state index contributed by atoms with van der Waals surface area (Å²) in [6.07, 6.45) is 0. The number of halogens is 2. The number of benzene rings is 1. The third-order valence-corrected chi connectivity index (χ3v) is 1.57. The smallest absolute Gasteiger partial charge is 0.165 e.